The van der Waals surface area contributed by atoms with Crippen LogP contribution < -0.4 is 5.32 Å². The molecule has 0 aromatic rings. The molecule has 1 aliphatic heterocycles. The summed E-state index contributed by atoms with van der Waals surface area (Å²) in [4.78, 5) is 27.9. The molecule has 0 aromatic carbocycles. The molecule has 2 amide bonds. The van der Waals surface area contributed by atoms with Crippen LogP contribution in [0.5, 0.6) is 0 Å². The van der Waals surface area contributed by atoms with Gasteiger partial charge in [0.05, 0.1) is 5.92 Å². The topological polar surface area (TPSA) is 52.7 Å². The Morgan fingerprint density at radius 2 is 1.90 bits per heavy atom. The summed E-state index contributed by atoms with van der Waals surface area (Å²) in [5.41, 5.74) is 0. The molecule has 1 rings (SSSR count). The number of rotatable bonds is 8. The zero-order valence-corrected chi connectivity index (χ0v) is 13.2. The molecule has 1 heterocycles. The lowest BCUT2D eigenvalue weighted by Gasteiger charge is -2.29. The minimum absolute atomic E-state index is 0.0268. The van der Waals surface area contributed by atoms with E-state index in [0.717, 1.165) is 39.1 Å². The Balaban J connectivity index is 2.37. The Kier molecular flexibility index (Phi) is 7.59. The molecular formula is C15H29N3O2. The van der Waals surface area contributed by atoms with Crippen LogP contribution in [0.1, 0.15) is 40.0 Å². The maximum Gasteiger partial charge on any atom is 0.227 e. The second kappa shape index (κ2) is 8.95. The molecule has 0 radical (unpaired) electrons. The number of carbonyl (C=O) groups excluding carboxylic acids is 2. The van der Waals surface area contributed by atoms with Crippen molar-refractivity contribution in [3.63, 3.8) is 0 Å². The average molecular weight is 283 g/mol. The number of nitrogens with zero attached hydrogens (tertiary/aromatic N) is 2. The number of nitrogens with one attached hydrogen (secondary N) is 1. The SMILES string of the molecule is CCN(CC)CCCN(CC)C(=O)C1CCC(=O)NC1. The van der Waals surface area contributed by atoms with E-state index in [1.165, 1.54) is 0 Å². The molecule has 1 atom stereocenters. The van der Waals surface area contributed by atoms with Crippen LogP contribution in [0.15, 0.2) is 0 Å². The molecule has 1 unspecified atom stereocenters. The van der Waals surface area contributed by atoms with Crippen molar-refractivity contribution in [2.75, 3.05) is 39.3 Å². The summed E-state index contributed by atoms with van der Waals surface area (Å²) < 4.78 is 0. The van der Waals surface area contributed by atoms with Crippen LogP contribution >= 0.6 is 0 Å². The van der Waals surface area contributed by atoms with Crippen molar-refractivity contribution in [2.45, 2.75) is 40.0 Å². The quantitative estimate of drug-likeness (QED) is 0.725. The largest absolute Gasteiger partial charge is 0.355 e. The molecule has 1 saturated heterocycles. The van der Waals surface area contributed by atoms with Crippen molar-refractivity contribution in [1.82, 2.24) is 15.1 Å². The molecule has 116 valence electrons. The smallest absolute Gasteiger partial charge is 0.227 e. The molecule has 1 fully saturated rings. The van der Waals surface area contributed by atoms with Crippen molar-refractivity contribution in [1.29, 1.82) is 0 Å². The van der Waals surface area contributed by atoms with E-state index in [2.05, 4.69) is 24.1 Å². The first-order valence-electron chi connectivity index (χ1n) is 7.90. The summed E-state index contributed by atoms with van der Waals surface area (Å²) >= 11 is 0. The fourth-order valence-electron chi connectivity index (χ4n) is 2.65. The number of carbonyl (C=O) groups is 2. The molecule has 0 bridgehead atoms. The minimum Gasteiger partial charge on any atom is -0.355 e. The number of amides is 2. The average Bonchev–Trinajstić information content (AvgIpc) is 2.48. The van der Waals surface area contributed by atoms with Crippen LogP contribution in [-0.4, -0.2) is 60.9 Å². The van der Waals surface area contributed by atoms with Gasteiger partial charge in [0.15, 0.2) is 0 Å². The van der Waals surface area contributed by atoms with Gasteiger partial charge in [0, 0.05) is 26.1 Å². The normalized spacial score (nSPS) is 19.0. The van der Waals surface area contributed by atoms with E-state index >= 15 is 0 Å². The lowest BCUT2D eigenvalue weighted by atomic mass is 9.97. The van der Waals surface area contributed by atoms with Crippen LogP contribution in [0.25, 0.3) is 0 Å². The second-order valence-corrected chi connectivity index (χ2v) is 5.34. The van der Waals surface area contributed by atoms with Gasteiger partial charge >= 0.3 is 0 Å². The van der Waals surface area contributed by atoms with Crippen LogP contribution in [0, 0.1) is 5.92 Å². The monoisotopic (exact) mass is 283 g/mol. The Hall–Kier alpha value is -1.10. The van der Waals surface area contributed by atoms with E-state index in [1.54, 1.807) is 0 Å². The number of hydrogen-bond donors (Lipinski definition) is 1. The predicted octanol–water partition coefficient (Wildman–Crippen LogP) is 1.09. The van der Waals surface area contributed by atoms with Gasteiger partial charge in [-0.05, 0) is 39.4 Å². The highest BCUT2D eigenvalue weighted by molar-refractivity contribution is 5.83. The Morgan fingerprint density at radius 1 is 1.20 bits per heavy atom. The van der Waals surface area contributed by atoms with Crippen molar-refractivity contribution in [3.8, 4) is 0 Å². The van der Waals surface area contributed by atoms with Gasteiger partial charge in [-0.1, -0.05) is 13.8 Å². The third-order valence-corrected chi connectivity index (χ3v) is 4.10. The fourth-order valence-corrected chi connectivity index (χ4v) is 2.65. The highest BCUT2D eigenvalue weighted by Crippen LogP contribution is 2.14. The number of piperidine rings is 1. The molecule has 0 spiro atoms. The zero-order chi connectivity index (χ0) is 15.0. The fraction of sp³-hybridized carbons (Fsp3) is 0.867. The zero-order valence-electron chi connectivity index (χ0n) is 13.2. The minimum atomic E-state index is -0.0268. The van der Waals surface area contributed by atoms with Crippen LogP contribution in [0.3, 0.4) is 0 Å². The van der Waals surface area contributed by atoms with E-state index < -0.39 is 0 Å². The van der Waals surface area contributed by atoms with Gasteiger partial charge < -0.3 is 15.1 Å². The summed E-state index contributed by atoms with van der Waals surface area (Å²) in [7, 11) is 0. The van der Waals surface area contributed by atoms with E-state index in [4.69, 9.17) is 0 Å². The van der Waals surface area contributed by atoms with Crippen LogP contribution in [0.4, 0.5) is 0 Å². The van der Waals surface area contributed by atoms with Gasteiger partial charge in [-0.25, -0.2) is 0 Å². The Morgan fingerprint density at radius 3 is 2.40 bits per heavy atom. The van der Waals surface area contributed by atoms with E-state index in [0.29, 0.717) is 19.4 Å². The lowest BCUT2D eigenvalue weighted by molar-refractivity contribution is -0.137. The van der Waals surface area contributed by atoms with Gasteiger partial charge in [-0.15, -0.1) is 0 Å². The maximum absolute atomic E-state index is 12.4. The summed E-state index contributed by atoms with van der Waals surface area (Å²) in [6, 6.07) is 0. The lowest BCUT2D eigenvalue weighted by Crippen LogP contribution is -2.45. The summed E-state index contributed by atoms with van der Waals surface area (Å²) in [6.45, 7) is 11.6. The van der Waals surface area contributed by atoms with Gasteiger partial charge in [0.25, 0.3) is 0 Å². The Labute approximate surface area is 122 Å². The molecular weight excluding hydrogens is 254 g/mol. The molecule has 1 N–H and O–H groups in total. The van der Waals surface area contributed by atoms with Crippen LogP contribution in [0.2, 0.25) is 0 Å². The third-order valence-electron chi connectivity index (χ3n) is 4.10. The van der Waals surface area contributed by atoms with E-state index in [-0.39, 0.29) is 17.7 Å². The van der Waals surface area contributed by atoms with Crippen molar-refractivity contribution in [2.24, 2.45) is 5.92 Å². The molecule has 20 heavy (non-hydrogen) atoms. The van der Waals surface area contributed by atoms with E-state index in [1.807, 2.05) is 11.8 Å². The van der Waals surface area contributed by atoms with Crippen molar-refractivity contribution < 1.29 is 9.59 Å². The van der Waals surface area contributed by atoms with E-state index in [9.17, 15) is 9.59 Å². The second-order valence-electron chi connectivity index (χ2n) is 5.34. The highest BCUT2D eigenvalue weighted by atomic mass is 16.2. The molecule has 5 nitrogen and oxygen atoms in total. The van der Waals surface area contributed by atoms with Crippen molar-refractivity contribution >= 4 is 11.8 Å². The van der Waals surface area contributed by atoms with Gasteiger partial charge in [0.2, 0.25) is 11.8 Å². The van der Waals surface area contributed by atoms with Crippen LogP contribution in [-0.2, 0) is 9.59 Å². The first-order chi connectivity index (χ1) is 9.62. The predicted molar refractivity (Wildman–Crippen MR) is 80.4 cm³/mol. The summed E-state index contributed by atoms with van der Waals surface area (Å²) in [6.07, 6.45) is 2.19. The molecule has 1 aliphatic rings. The standard InChI is InChI=1S/C15H29N3O2/c1-4-17(5-2)10-7-11-18(6-3)15(20)13-8-9-14(19)16-12-13/h13H,4-12H2,1-3H3,(H,16,19). The van der Waals surface area contributed by atoms with Crippen molar-refractivity contribution in [3.05, 3.63) is 0 Å². The highest BCUT2D eigenvalue weighted by Gasteiger charge is 2.27. The molecule has 0 aromatic heterocycles. The first-order valence-corrected chi connectivity index (χ1v) is 7.90. The third kappa shape index (κ3) is 5.12. The molecule has 0 aliphatic carbocycles. The van der Waals surface area contributed by atoms with Gasteiger partial charge in [-0.2, -0.15) is 0 Å². The summed E-state index contributed by atoms with van der Waals surface area (Å²) in [5, 5.41) is 2.79. The number of hydrogen-bond acceptors (Lipinski definition) is 3. The maximum atomic E-state index is 12.4. The van der Waals surface area contributed by atoms with Gasteiger partial charge in [0.1, 0.15) is 0 Å². The molecule has 5 heteroatoms. The molecule has 0 saturated carbocycles. The summed E-state index contributed by atoms with van der Waals surface area (Å²) in [5.74, 6) is 0.242. The Bertz CT molecular complexity index is 306. The first kappa shape index (κ1) is 17.0. The van der Waals surface area contributed by atoms with Gasteiger partial charge in [-0.3, -0.25) is 9.59 Å².